The van der Waals surface area contributed by atoms with Crippen LogP contribution in [0.1, 0.15) is 0 Å². The number of methoxy groups -OCH3 is 2. The van der Waals surface area contributed by atoms with Crippen LogP contribution in [0.2, 0.25) is 0 Å². The minimum Gasteiger partial charge on any atom is -0.497 e. The zero-order valence-corrected chi connectivity index (χ0v) is 17.1. The molecule has 30 heavy (non-hydrogen) atoms. The topological polar surface area (TPSA) is 47.7 Å². The molecular weight excluding hydrogens is 372 g/mol. The molecule has 0 aromatic heterocycles. The van der Waals surface area contributed by atoms with Crippen molar-refractivity contribution in [1.29, 1.82) is 0 Å². The summed E-state index contributed by atoms with van der Waals surface area (Å²) in [5.41, 5.74) is 12.2. The molecule has 150 valence electrons. The highest BCUT2D eigenvalue weighted by Gasteiger charge is 2.18. The molecule has 0 aliphatic rings. The molecule has 0 amide bonds. The summed E-state index contributed by atoms with van der Waals surface area (Å²) in [6.45, 7) is 0. The van der Waals surface area contributed by atoms with Crippen LogP contribution in [0.25, 0.3) is 11.1 Å². The molecule has 0 aliphatic heterocycles. The molecule has 0 radical (unpaired) electrons. The second-order valence-corrected chi connectivity index (χ2v) is 6.84. The molecule has 4 rings (SSSR count). The van der Waals surface area contributed by atoms with E-state index in [4.69, 9.17) is 15.2 Å². The summed E-state index contributed by atoms with van der Waals surface area (Å²) < 4.78 is 10.7. The molecule has 4 aromatic carbocycles. The van der Waals surface area contributed by atoms with Crippen molar-refractivity contribution in [2.75, 3.05) is 24.9 Å². The van der Waals surface area contributed by atoms with Crippen LogP contribution in [0, 0.1) is 0 Å². The highest BCUT2D eigenvalue weighted by atomic mass is 16.5. The fraction of sp³-hybridized carbons (Fsp3) is 0.0769. The van der Waals surface area contributed by atoms with Gasteiger partial charge in [0.05, 0.1) is 19.9 Å². The fourth-order valence-corrected chi connectivity index (χ4v) is 3.53. The van der Waals surface area contributed by atoms with Crippen molar-refractivity contribution in [1.82, 2.24) is 0 Å². The van der Waals surface area contributed by atoms with Crippen molar-refractivity contribution in [3.63, 3.8) is 0 Å². The van der Waals surface area contributed by atoms with E-state index in [2.05, 4.69) is 17.0 Å². The minimum atomic E-state index is 0.745. The monoisotopic (exact) mass is 396 g/mol. The first-order valence-corrected chi connectivity index (χ1v) is 9.73. The van der Waals surface area contributed by atoms with Gasteiger partial charge in [0.25, 0.3) is 0 Å². The lowest BCUT2D eigenvalue weighted by Crippen LogP contribution is -2.11. The van der Waals surface area contributed by atoms with Crippen LogP contribution >= 0.6 is 0 Å². The average molecular weight is 396 g/mol. The summed E-state index contributed by atoms with van der Waals surface area (Å²) in [5, 5.41) is 0. The van der Waals surface area contributed by atoms with Crippen molar-refractivity contribution in [2.24, 2.45) is 0 Å². The van der Waals surface area contributed by atoms with Crippen molar-refractivity contribution in [2.45, 2.75) is 0 Å². The second-order valence-electron chi connectivity index (χ2n) is 6.84. The summed E-state index contributed by atoms with van der Waals surface area (Å²) in [7, 11) is 3.34. The molecule has 0 bridgehead atoms. The van der Waals surface area contributed by atoms with Gasteiger partial charge in [0.15, 0.2) is 0 Å². The maximum atomic E-state index is 6.32. The zero-order valence-electron chi connectivity index (χ0n) is 17.1. The highest BCUT2D eigenvalue weighted by Crippen LogP contribution is 2.42. The molecule has 4 heteroatoms. The summed E-state index contributed by atoms with van der Waals surface area (Å²) in [4.78, 5) is 2.21. The Labute approximate surface area is 177 Å². The minimum absolute atomic E-state index is 0.745. The van der Waals surface area contributed by atoms with Crippen LogP contribution in [0.4, 0.5) is 22.7 Å². The van der Waals surface area contributed by atoms with Gasteiger partial charge in [0, 0.05) is 28.2 Å². The highest BCUT2D eigenvalue weighted by molar-refractivity contribution is 5.91. The Morgan fingerprint density at radius 3 is 1.53 bits per heavy atom. The van der Waals surface area contributed by atoms with Crippen LogP contribution in [0.5, 0.6) is 11.5 Å². The predicted octanol–water partition coefficient (Wildman–Crippen LogP) is 6.42. The number of benzene rings is 4. The summed E-state index contributed by atoms with van der Waals surface area (Å²) >= 11 is 0. The first kappa shape index (κ1) is 19.4. The Morgan fingerprint density at radius 2 is 1.03 bits per heavy atom. The SMILES string of the molecule is COc1ccc(N(c2ccc(OC)cc2)c2ccccc2-c2ccccc2N)cc1. The molecule has 0 heterocycles. The lowest BCUT2D eigenvalue weighted by atomic mass is 10.00. The molecule has 4 aromatic rings. The number of hydrogen-bond donors (Lipinski definition) is 1. The number of nitrogens with two attached hydrogens (primary N) is 1. The summed E-state index contributed by atoms with van der Waals surface area (Å²) in [6, 6.07) is 32.3. The van der Waals surface area contributed by atoms with Gasteiger partial charge >= 0.3 is 0 Å². The number of rotatable bonds is 6. The van der Waals surface area contributed by atoms with Crippen molar-refractivity contribution < 1.29 is 9.47 Å². The third-order valence-corrected chi connectivity index (χ3v) is 5.06. The molecule has 0 saturated carbocycles. The fourth-order valence-electron chi connectivity index (χ4n) is 3.53. The van der Waals surface area contributed by atoms with E-state index in [1.807, 2.05) is 84.9 Å². The number of ether oxygens (including phenoxy) is 2. The van der Waals surface area contributed by atoms with Gasteiger partial charge in [0.2, 0.25) is 0 Å². The number of nitrogens with zero attached hydrogens (tertiary/aromatic N) is 1. The van der Waals surface area contributed by atoms with Gasteiger partial charge in [-0.1, -0.05) is 36.4 Å². The maximum absolute atomic E-state index is 6.32. The number of para-hydroxylation sites is 2. The molecule has 0 unspecified atom stereocenters. The maximum Gasteiger partial charge on any atom is 0.119 e. The van der Waals surface area contributed by atoms with E-state index < -0.39 is 0 Å². The van der Waals surface area contributed by atoms with Crippen molar-refractivity contribution in [3.05, 3.63) is 97.1 Å². The van der Waals surface area contributed by atoms with Crippen LogP contribution < -0.4 is 20.1 Å². The average Bonchev–Trinajstić information content (AvgIpc) is 2.81. The van der Waals surface area contributed by atoms with E-state index in [1.54, 1.807) is 14.2 Å². The number of anilines is 4. The number of hydrogen-bond acceptors (Lipinski definition) is 4. The normalized spacial score (nSPS) is 10.5. The van der Waals surface area contributed by atoms with Crippen molar-refractivity contribution >= 4 is 22.7 Å². The van der Waals surface area contributed by atoms with Gasteiger partial charge in [-0.05, 0) is 60.7 Å². The third-order valence-electron chi connectivity index (χ3n) is 5.06. The smallest absolute Gasteiger partial charge is 0.119 e. The molecule has 0 spiro atoms. The second kappa shape index (κ2) is 8.62. The van der Waals surface area contributed by atoms with Gasteiger partial charge < -0.3 is 20.1 Å². The van der Waals surface area contributed by atoms with Crippen molar-refractivity contribution in [3.8, 4) is 22.6 Å². The lowest BCUT2D eigenvalue weighted by molar-refractivity contribution is 0.415. The quantitative estimate of drug-likeness (QED) is 0.382. The summed E-state index contributed by atoms with van der Waals surface area (Å²) in [6.07, 6.45) is 0. The Bertz CT molecular complexity index is 1070. The molecule has 4 nitrogen and oxygen atoms in total. The Kier molecular flexibility index (Phi) is 5.57. The Hall–Kier alpha value is -3.92. The molecule has 2 N–H and O–H groups in total. The lowest BCUT2D eigenvalue weighted by Gasteiger charge is -2.28. The van der Waals surface area contributed by atoms with Gasteiger partial charge in [0.1, 0.15) is 11.5 Å². The summed E-state index contributed by atoms with van der Waals surface area (Å²) in [5.74, 6) is 1.63. The van der Waals surface area contributed by atoms with Gasteiger partial charge in [-0.2, -0.15) is 0 Å². The standard InChI is InChI=1S/C26H24N2O2/c1-29-21-15-11-19(12-16-21)28(20-13-17-22(30-2)18-14-20)26-10-6-4-8-24(26)23-7-3-5-9-25(23)27/h3-18H,27H2,1-2H3. The van der Waals surface area contributed by atoms with Gasteiger partial charge in [-0.15, -0.1) is 0 Å². The third kappa shape index (κ3) is 3.80. The van der Waals surface area contributed by atoms with Gasteiger partial charge in [-0.3, -0.25) is 0 Å². The number of nitrogen functional groups attached to an aromatic ring is 1. The zero-order chi connectivity index (χ0) is 20.9. The Balaban J connectivity index is 1.91. The molecule has 0 saturated heterocycles. The van der Waals surface area contributed by atoms with Crippen LogP contribution in [-0.4, -0.2) is 14.2 Å². The molecule has 0 aliphatic carbocycles. The van der Waals surface area contributed by atoms with E-state index in [0.29, 0.717) is 0 Å². The largest absolute Gasteiger partial charge is 0.497 e. The molecule has 0 fully saturated rings. The molecular formula is C26H24N2O2. The van der Waals surface area contributed by atoms with E-state index in [-0.39, 0.29) is 0 Å². The Morgan fingerprint density at radius 1 is 0.567 bits per heavy atom. The van der Waals surface area contributed by atoms with E-state index >= 15 is 0 Å². The first-order chi connectivity index (χ1) is 14.7. The van der Waals surface area contributed by atoms with Gasteiger partial charge in [-0.25, -0.2) is 0 Å². The first-order valence-electron chi connectivity index (χ1n) is 9.73. The van der Waals surface area contributed by atoms with E-state index in [0.717, 1.165) is 45.4 Å². The van der Waals surface area contributed by atoms with Crippen LogP contribution in [0.15, 0.2) is 97.1 Å². The van der Waals surface area contributed by atoms with Crippen LogP contribution in [0.3, 0.4) is 0 Å². The molecule has 0 atom stereocenters. The van der Waals surface area contributed by atoms with E-state index in [9.17, 15) is 0 Å². The predicted molar refractivity (Wildman–Crippen MR) is 124 cm³/mol. The van der Waals surface area contributed by atoms with E-state index in [1.165, 1.54) is 0 Å². The van der Waals surface area contributed by atoms with Crippen LogP contribution in [-0.2, 0) is 0 Å².